The lowest BCUT2D eigenvalue weighted by Crippen LogP contribution is -2.61. The second-order valence-electron chi connectivity index (χ2n) is 7.37. The molecule has 1 atom stereocenters. The van der Waals surface area contributed by atoms with Gasteiger partial charge in [-0.05, 0) is 39.3 Å². The molecule has 0 radical (unpaired) electrons. The predicted molar refractivity (Wildman–Crippen MR) is 86.4 cm³/mol. The normalized spacial score (nSPS) is 26.4. The Bertz CT molecular complexity index is 263. The van der Waals surface area contributed by atoms with Gasteiger partial charge in [0.15, 0.2) is 0 Å². The average molecular weight is 281 g/mol. The van der Waals surface area contributed by atoms with Crippen LogP contribution in [0.3, 0.4) is 0 Å². The van der Waals surface area contributed by atoms with E-state index < -0.39 is 0 Å². The molecule has 0 bridgehead atoms. The third-order valence-electron chi connectivity index (χ3n) is 6.00. The van der Waals surface area contributed by atoms with Crippen LogP contribution in [0.1, 0.15) is 77.0 Å². The molecule has 0 saturated heterocycles. The summed E-state index contributed by atoms with van der Waals surface area (Å²) in [5.41, 5.74) is 3.51. The number of nitrogens with two attached hydrogens (primary N) is 1. The third kappa shape index (κ3) is 3.75. The summed E-state index contributed by atoms with van der Waals surface area (Å²) >= 11 is 0. The molecule has 118 valence electrons. The van der Waals surface area contributed by atoms with Crippen molar-refractivity contribution in [3.63, 3.8) is 0 Å². The molecule has 0 aliphatic heterocycles. The molecule has 0 aromatic heterocycles. The highest BCUT2D eigenvalue weighted by molar-refractivity contribution is 4.99. The van der Waals surface area contributed by atoms with Gasteiger partial charge < -0.3 is 4.90 Å². The number of nitrogens with one attached hydrogen (secondary N) is 1. The molecule has 2 rings (SSSR count). The Kier molecular flexibility index (Phi) is 6.31. The van der Waals surface area contributed by atoms with E-state index in [4.69, 9.17) is 5.84 Å². The standard InChI is InChI=1S/C17H35N3/c1-20(2)17(12-8-3-4-9-13-17)16(19-18)14-15-10-6-5-7-11-15/h15-16,19H,3-14,18H2,1-2H3. The summed E-state index contributed by atoms with van der Waals surface area (Å²) in [5.74, 6) is 6.91. The molecule has 0 aromatic rings. The van der Waals surface area contributed by atoms with Crippen LogP contribution in [-0.2, 0) is 0 Å². The van der Waals surface area contributed by atoms with E-state index in [1.807, 2.05) is 0 Å². The molecule has 0 heterocycles. The van der Waals surface area contributed by atoms with Crippen LogP contribution in [0, 0.1) is 5.92 Å². The van der Waals surface area contributed by atoms with Crippen LogP contribution in [0.15, 0.2) is 0 Å². The highest BCUT2D eigenvalue weighted by Gasteiger charge is 2.41. The van der Waals surface area contributed by atoms with E-state index in [2.05, 4.69) is 24.4 Å². The number of nitrogens with zero attached hydrogens (tertiary/aromatic N) is 1. The molecule has 3 N–H and O–H groups in total. The summed E-state index contributed by atoms with van der Waals surface area (Å²) in [6.07, 6.45) is 16.5. The van der Waals surface area contributed by atoms with Gasteiger partial charge in [0.25, 0.3) is 0 Å². The SMILES string of the molecule is CN(C)C1(C(CC2CCCCC2)NN)CCCCCC1. The van der Waals surface area contributed by atoms with Gasteiger partial charge in [0.05, 0.1) is 0 Å². The molecule has 3 nitrogen and oxygen atoms in total. The van der Waals surface area contributed by atoms with Gasteiger partial charge >= 0.3 is 0 Å². The molecular formula is C17H35N3. The zero-order chi connectivity index (χ0) is 14.4. The first-order valence-electron chi connectivity index (χ1n) is 8.82. The van der Waals surface area contributed by atoms with Gasteiger partial charge in [0.2, 0.25) is 0 Å². The molecule has 3 heteroatoms. The summed E-state index contributed by atoms with van der Waals surface area (Å²) in [6.45, 7) is 0. The lowest BCUT2D eigenvalue weighted by Gasteiger charge is -2.47. The van der Waals surface area contributed by atoms with E-state index in [0.717, 1.165) is 5.92 Å². The van der Waals surface area contributed by atoms with Gasteiger partial charge in [0.1, 0.15) is 0 Å². The minimum Gasteiger partial charge on any atom is -0.302 e. The first-order chi connectivity index (χ1) is 9.69. The van der Waals surface area contributed by atoms with E-state index in [0.29, 0.717) is 6.04 Å². The molecule has 0 amide bonds. The van der Waals surface area contributed by atoms with Crippen molar-refractivity contribution in [3.8, 4) is 0 Å². The Morgan fingerprint density at radius 1 is 1.00 bits per heavy atom. The average Bonchev–Trinajstić information content (AvgIpc) is 2.72. The Hall–Kier alpha value is -0.120. The first-order valence-corrected chi connectivity index (χ1v) is 8.82. The molecule has 2 aliphatic carbocycles. The van der Waals surface area contributed by atoms with Gasteiger partial charge in [-0.3, -0.25) is 11.3 Å². The zero-order valence-corrected chi connectivity index (χ0v) is 13.7. The summed E-state index contributed by atoms with van der Waals surface area (Å²) in [4.78, 5) is 2.48. The maximum Gasteiger partial charge on any atom is 0.0397 e. The summed E-state index contributed by atoms with van der Waals surface area (Å²) in [7, 11) is 4.52. The number of hydrazine groups is 1. The van der Waals surface area contributed by atoms with Crippen LogP contribution in [-0.4, -0.2) is 30.6 Å². The van der Waals surface area contributed by atoms with Crippen molar-refractivity contribution in [2.75, 3.05) is 14.1 Å². The Morgan fingerprint density at radius 3 is 2.05 bits per heavy atom. The smallest absolute Gasteiger partial charge is 0.0397 e. The monoisotopic (exact) mass is 281 g/mol. The maximum absolute atomic E-state index is 6.02. The fourth-order valence-electron chi connectivity index (χ4n) is 4.65. The number of rotatable bonds is 5. The number of likely N-dealkylation sites (N-methyl/N-ethyl adjacent to an activating group) is 1. The van der Waals surface area contributed by atoms with Crippen LogP contribution in [0.4, 0.5) is 0 Å². The third-order valence-corrected chi connectivity index (χ3v) is 6.00. The predicted octanol–water partition coefficient (Wildman–Crippen LogP) is 3.44. The van der Waals surface area contributed by atoms with Gasteiger partial charge in [-0.2, -0.15) is 0 Å². The van der Waals surface area contributed by atoms with Crippen LogP contribution in [0.25, 0.3) is 0 Å². The van der Waals surface area contributed by atoms with Crippen molar-refractivity contribution >= 4 is 0 Å². The Morgan fingerprint density at radius 2 is 1.55 bits per heavy atom. The molecule has 0 aromatic carbocycles. The minimum absolute atomic E-state index is 0.280. The van der Waals surface area contributed by atoms with Gasteiger partial charge in [-0.25, -0.2) is 0 Å². The second-order valence-corrected chi connectivity index (χ2v) is 7.37. The van der Waals surface area contributed by atoms with Crippen molar-refractivity contribution < 1.29 is 0 Å². The number of hydrogen-bond acceptors (Lipinski definition) is 3. The van der Waals surface area contributed by atoms with E-state index in [1.165, 1.54) is 77.0 Å². The van der Waals surface area contributed by atoms with Crippen molar-refractivity contribution in [1.29, 1.82) is 0 Å². The van der Waals surface area contributed by atoms with Gasteiger partial charge in [0, 0.05) is 11.6 Å². The molecule has 2 saturated carbocycles. The highest BCUT2D eigenvalue weighted by Crippen LogP contribution is 2.38. The quantitative estimate of drug-likeness (QED) is 0.461. The zero-order valence-electron chi connectivity index (χ0n) is 13.7. The van der Waals surface area contributed by atoms with Gasteiger partial charge in [-0.1, -0.05) is 57.8 Å². The summed E-state index contributed by atoms with van der Waals surface area (Å²) < 4.78 is 0. The van der Waals surface area contributed by atoms with E-state index >= 15 is 0 Å². The molecule has 20 heavy (non-hydrogen) atoms. The summed E-state index contributed by atoms with van der Waals surface area (Å²) in [5, 5.41) is 0. The fraction of sp³-hybridized carbons (Fsp3) is 1.00. The van der Waals surface area contributed by atoms with Crippen molar-refractivity contribution in [1.82, 2.24) is 10.3 Å². The second kappa shape index (κ2) is 7.77. The maximum atomic E-state index is 6.02. The van der Waals surface area contributed by atoms with Crippen LogP contribution < -0.4 is 11.3 Å². The summed E-state index contributed by atoms with van der Waals surface area (Å²) in [6, 6.07) is 0.457. The topological polar surface area (TPSA) is 41.3 Å². The van der Waals surface area contributed by atoms with E-state index in [-0.39, 0.29) is 5.54 Å². The lowest BCUT2D eigenvalue weighted by molar-refractivity contribution is 0.0647. The minimum atomic E-state index is 0.280. The van der Waals surface area contributed by atoms with Crippen molar-refractivity contribution in [2.45, 2.75) is 88.6 Å². The first kappa shape index (κ1) is 16.3. The fourth-order valence-corrected chi connectivity index (χ4v) is 4.65. The molecule has 2 fully saturated rings. The Balaban J connectivity index is 2.07. The van der Waals surface area contributed by atoms with E-state index in [9.17, 15) is 0 Å². The van der Waals surface area contributed by atoms with Crippen molar-refractivity contribution in [2.24, 2.45) is 11.8 Å². The number of hydrogen-bond donors (Lipinski definition) is 2. The molecule has 0 spiro atoms. The van der Waals surface area contributed by atoms with Crippen LogP contribution >= 0.6 is 0 Å². The van der Waals surface area contributed by atoms with Crippen LogP contribution in [0.2, 0.25) is 0 Å². The largest absolute Gasteiger partial charge is 0.302 e. The van der Waals surface area contributed by atoms with Crippen LogP contribution in [0.5, 0.6) is 0 Å². The molecular weight excluding hydrogens is 246 g/mol. The lowest BCUT2D eigenvalue weighted by atomic mass is 9.75. The van der Waals surface area contributed by atoms with Gasteiger partial charge in [-0.15, -0.1) is 0 Å². The molecule has 1 unspecified atom stereocenters. The highest BCUT2D eigenvalue weighted by atomic mass is 15.3. The Labute approximate surface area is 125 Å². The van der Waals surface area contributed by atoms with Crippen molar-refractivity contribution in [3.05, 3.63) is 0 Å². The van der Waals surface area contributed by atoms with E-state index in [1.54, 1.807) is 0 Å². The molecule has 2 aliphatic rings.